The van der Waals surface area contributed by atoms with E-state index in [1.165, 1.54) is 0 Å². The fourth-order valence-corrected chi connectivity index (χ4v) is 2.60. The first-order chi connectivity index (χ1) is 9.75. The van der Waals surface area contributed by atoms with E-state index in [1.54, 1.807) is 16.9 Å². The Hall–Kier alpha value is -2.14. The normalized spacial score (nSPS) is 19.1. The van der Waals surface area contributed by atoms with E-state index < -0.39 is 0 Å². The molecule has 0 spiro atoms. The number of amides is 1. The molecule has 1 aliphatic rings. The van der Waals surface area contributed by atoms with Crippen molar-refractivity contribution in [2.75, 3.05) is 19.6 Å². The van der Waals surface area contributed by atoms with Gasteiger partial charge in [-0.3, -0.25) is 9.48 Å². The number of nitrogens with zero attached hydrogens (tertiary/aromatic N) is 3. The van der Waals surface area contributed by atoms with Crippen LogP contribution in [0.1, 0.15) is 22.1 Å². The molecule has 1 N–H and O–H groups in total. The van der Waals surface area contributed by atoms with Crippen LogP contribution in [0.2, 0.25) is 0 Å². The molecule has 20 heavy (non-hydrogen) atoms. The first-order valence-corrected chi connectivity index (χ1v) is 6.82. The third-order valence-electron chi connectivity index (χ3n) is 3.62. The Bertz CT molecular complexity index is 593. The number of rotatable bonds is 2. The van der Waals surface area contributed by atoms with Gasteiger partial charge in [-0.25, -0.2) is 0 Å². The van der Waals surface area contributed by atoms with Crippen LogP contribution in [0.25, 0.3) is 0 Å². The second-order valence-corrected chi connectivity index (χ2v) is 5.00. The van der Waals surface area contributed by atoms with Crippen molar-refractivity contribution in [1.82, 2.24) is 20.0 Å². The first-order valence-electron chi connectivity index (χ1n) is 6.82. The lowest BCUT2D eigenvalue weighted by Gasteiger charge is -2.36. The highest BCUT2D eigenvalue weighted by Gasteiger charge is 2.29. The van der Waals surface area contributed by atoms with Crippen LogP contribution in [-0.2, 0) is 7.05 Å². The minimum atomic E-state index is 0.000882. The SMILES string of the molecule is Cn1ccc(C(=O)N2CCNC[C@H]2c2ccccc2)n1. The van der Waals surface area contributed by atoms with Crippen LogP contribution in [0.15, 0.2) is 42.6 Å². The summed E-state index contributed by atoms with van der Waals surface area (Å²) in [6, 6.07) is 12.0. The second kappa shape index (κ2) is 5.46. The molecule has 1 fully saturated rings. The van der Waals surface area contributed by atoms with E-state index in [9.17, 15) is 4.79 Å². The zero-order valence-corrected chi connectivity index (χ0v) is 11.5. The summed E-state index contributed by atoms with van der Waals surface area (Å²) in [7, 11) is 1.82. The topological polar surface area (TPSA) is 50.2 Å². The second-order valence-electron chi connectivity index (χ2n) is 5.00. The van der Waals surface area contributed by atoms with Gasteiger partial charge in [0.1, 0.15) is 5.69 Å². The molecule has 3 rings (SSSR count). The molecular formula is C15H18N4O. The summed E-state index contributed by atoms with van der Waals surface area (Å²) in [5.74, 6) is 0.000882. The minimum absolute atomic E-state index is 0.000882. The van der Waals surface area contributed by atoms with E-state index in [1.807, 2.05) is 30.1 Å². The van der Waals surface area contributed by atoms with Crippen LogP contribution in [0.3, 0.4) is 0 Å². The van der Waals surface area contributed by atoms with Crippen LogP contribution in [0.4, 0.5) is 0 Å². The fraction of sp³-hybridized carbons (Fsp3) is 0.333. The van der Waals surface area contributed by atoms with Gasteiger partial charge in [0.2, 0.25) is 0 Å². The van der Waals surface area contributed by atoms with Crippen molar-refractivity contribution in [3.05, 3.63) is 53.9 Å². The Labute approximate surface area is 118 Å². The molecule has 0 radical (unpaired) electrons. The van der Waals surface area contributed by atoms with Gasteiger partial charge in [0.15, 0.2) is 0 Å². The Morgan fingerprint density at radius 2 is 2.10 bits per heavy atom. The fourth-order valence-electron chi connectivity index (χ4n) is 2.60. The van der Waals surface area contributed by atoms with E-state index in [0.717, 1.165) is 18.7 Å². The lowest BCUT2D eigenvalue weighted by atomic mass is 10.0. The van der Waals surface area contributed by atoms with Gasteiger partial charge in [0.25, 0.3) is 5.91 Å². The zero-order valence-electron chi connectivity index (χ0n) is 11.5. The Balaban J connectivity index is 1.87. The lowest BCUT2D eigenvalue weighted by molar-refractivity contribution is 0.0627. The van der Waals surface area contributed by atoms with Crippen molar-refractivity contribution >= 4 is 5.91 Å². The zero-order chi connectivity index (χ0) is 13.9. The molecule has 0 bridgehead atoms. The Morgan fingerprint density at radius 3 is 2.80 bits per heavy atom. The maximum Gasteiger partial charge on any atom is 0.274 e. The van der Waals surface area contributed by atoms with Crippen LogP contribution < -0.4 is 5.32 Å². The smallest absolute Gasteiger partial charge is 0.274 e. The molecule has 0 aliphatic carbocycles. The maximum atomic E-state index is 12.6. The average molecular weight is 270 g/mol. The summed E-state index contributed by atoms with van der Waals surface area (Å²) in [5.41, 5.74) is 1.67. The number of carbonyl (C=O) groups excluding carboxylic acids is 1. The predicted molar refractivity (Wildman–Crippen MR) is 76.3 cm³/mol. The third-order valence-corrected chi connectivity index (χ3v) is 3.62. The van der Waals surface area contributed by atoms with Crippen LogP contribution >= 0.6 is 0 Å². The molecule has 1 aromatic carbocycles. The van der Waals surface area contributed by atoms with Gasteiger partial charge in [-0.1, -0.05) is 30.3 Å². The number of hydrogen-bond donors (Lipinski definition) is 1. The van der Waals surface area contributed by atoms with Crippen LogP contribution in [-0.4, -0.2) is 40.2 Å². The predicted octanol–water partition coefficient (Wildman–Crippen LogP) is 1.21. The molecule has 1 amide bonds. The molecule has 1 atom stereocenters. The van der Waals surface area contributed by atoms with Gasteiger partial charge >= 0.3 is 0 Å². The number of carbonyl (C=O) groups is 1. The van der Waals surface area contributed by atoms with E-state index in [-0.39, 0.29) is 11.9 Å². The van der Waals surface area contributed by atoms with Gasteiger partial charge in [0, 0.05) is 32.9 Å². The number of aryl methyl sites for hydroxylation is 1. The van der Waals surface area contributed by atoms with Crippen molar-refractivity contribution < 1.29 is 4.79 Å². The highest BCUT2D eigenvalue weighted by atomic mass is 16.2. The number of aromatic nitrogens is 2. The van der Waals surface area contributed by atoms with Gasteiger partial charge in [-0.15, -0.1) is 0 Å². The molecule has 1 saturated heterocycles. The molecular weight excluding hydrogens is 252 g/mol. The van der Waals surface area contributed by atoms with Gasteiger partial charge < -0.3 is 10.2 Å². The molecule has 0 unspecified atom stereocenters. The van der Waals surface area contributed by atoms with Crippen molar-refractivity contribution in [2.24, 2.45) is 7.05 Å². The monoisotopic (exact) mass is 270 g/mol. The molecule has 0 saturated carbocycles. The van der Waals surface area contributed by atoms with E-state index in [0.29, 0.717) is 12.2 Å². The summed E-state index contributed by atoms with van der Waals surface area (Å²) in [6.07, 6.45) is 1.80. The minimum Gasteiger partial charge on any atom is -0.328 e. The molecule has 2 heterocycles. The van der Waals surface area contributed by atoms with Crippen molar-refractivity contribution in [3.63, 3.8) is 0 Å². The van der Waals surface area contributed by atoms with Crippen LogP contribution in [0.5, 0.6) is 0 Å². The molecule has 1 aliphatic heterocycles. The maximum absolute atomic E-state index is 12.6. The summed E-state index contributed by atoms with van der Waals surface area (Å²) < 4.78 is 1.66. The summed E-state index contributed by atoms with van der Waals surface area (Å²) in [6.45, 7) is 2.31. The van der Waals surface area contributed by atoms with Gasteiger partial charge in [0.05, 0.1) is 6.04 Å². The van der Waals surface area contributed by atoms with Crippen molar-refractivity contribution in [3.8, 4) is 0 Å². The number of benzene rings is 1. The Morgan fingerprint density at radius 1 is 1.30 bits per heavy atom. The molecule has 5 nitrogen and oxygen atoms in total. The van der Waals surface area contributed by atoms with Crippen LogP contribution in [0, 0.1) is 0 Å². The summed E-state index contributed by atoms with van der Waals surface area (Å²) >= 11 is 0. The average Bonchev–Trinajstić information content (AvgIpc) is 2.94. The molecule has 2 aromatic rings. The number of nitrogens with one attached hydrogen (secondary N) is 1. The van der Waals surface area contributed by atoms with Gasteiger partial charge in [-0.05, 0) is 11.6 Å². The molecule has 1 aromatic heterocycles. The highest BCUT2D eigenvalue weighted by molar-refractivity contribution is 5.92. The van der Waals surface area contributed by atoms with E-state index in [2.05, 4.69) is 22.5 Å². The number of hydrogen-bond acceptors (Lipinski definition) is 3. The highest BCUT2D eigenvalue weighted by Crippen LogP contribution is 2.23. The van der Waals surface area contributed by atoms with E-state index in [4.69, 9.17) is 0 Å². The standard InChI is InChI=1S/C15H18N4O/c1-18-9-7-13(17-18)15(20)19-10-8-16-11-14(19)12-5-3-2-4-6-12/h2-7,9,14,16H,8,10-11H2,1H3/t14-/m0/s1. The number of piperazine rings is 1. The lowest BCUT2D eigenvalue weighted by Crippen LogP contribution is -2.48. The van der Waals surface area contributed by atoms with Crippen molar-refractivity contribution in [2.45, 2.75) is 6.04 Å². The third kappa shape index (κ3) is 2.44. The quantitative estimate of drug-likeness (QED) is 0.892. The molecule has 5 heteroatoms. The largest absolute Gasteiger partial charge is 0.328 e. The van der Waals surface area contributed by atoms with E-state index >= 15 is 0 Å². The Kier molecular flexibility index (Phi) is 3.52. The van der Waals surface area contributed by atoms with Gasteiger partial charge in [-0.2, -0.15) is 5.10 Å². The summed E-state index contributed by atoms with van der Waals surface area (Å²) in [4.78, 5) is 14.5. The summed E-state index contributed by atoms with van der Waals surface area (Å²) in [5, 5.41) is 7.57. The first kappa shape index (κ1) is 12.9. The molecule has 104 valence electrons. The van der Waals surface area contributed by atoms with Crippen molar-refractivity contribution in [1.29, 1.82) is 0 Å².